The quantitative estimate of drug-likeness (QED) is 0.735. The zero-order valence-corrected chi connectivity index (χ0v) is 10.1. The van der Waals surface area contributed by atoms with Gasteiger partial charge < -0.3 is 15.6 Å². The summed E-state index contributed by atoms with van der Waals surface area (Å²) in [5.74, 6) is 0.138. The van der Waals surface area contributed by atoms with Crippen LogP contribution in [0.5, 0.6) is 5.75 Å². The molecule has 0 amide bonds. The van der Waals surface area contributed by atoms with Gasteiger partial charge in [0.15, 0.2) is 0 Å². The molecule has 0 aliphatic rings. The van der Waals surface area contributed by atoms with E-state index in [-0.39, 0.29) is 5.75 Å². The lowest BCUT2D eigenvalue weighted by molar-refractivity contribution is 0.169. The molecule has 0 bridgehead atoms. The number of hydrogen-bond acceptors (Lipinski definition) is 3. The van der Waals surface area contributed by atoms with Crippen LogP contribution in [0, 0.1) is 5.41 Å². The second kappa shape index (κ2) is 5.28. The van der Waals surface area contributed by atoms with Crippen LogP contribution < -0.4 is 0 Å². The molecule has 0 spiro atoms. The van der Waals surface area contributed by atoms with E-state index in [1.165, 1.54) is 6.07 Å². The van der Waals surface area contributed by atoms with Crippen molar-refractivity contribution in [1.29, 1.82) is 5.41 Å². The maximum Gasteiger partial charge on any atom is 0.116 e. The van der Waals surface area contributed by atoms with Gasteiger partial charge in [-0.2, -0.15) is 0 Å². The number of phenols is 1. The number of hydrogen-bond donors (Lipinski definition) is 3. The normalized spacial score (nSPS) is 12.5. The van der Waals surface area contributed by atoms with Gasteiger partial charge >= 0.3 is 0 Å². The van der Waals surface area contributed by atoms with E-state index < -0.39 is 6.10 Å². The van der Waals surface area contributed by atoms with Crippen LogP contribution in [0.3, 0.4) is 0 Å². The molecule has 0 radical (unpaired) electrons. The Morgan fingerprint density at radius 1 is 1.53 bits per heavy atom. The maximum atomic E-state index is 9.84. The molecule has 0 heterocycles. The number of halogens is 1. The Kier molecular flexibility index (Phi) is 4.29. The number of nitrogens with one attached hydrogen (secondary N) is 1. The molecule has 0 fully saturated rings. The van der Waals surface area contributed by atoms with Gasteiger partial charge in [0.05, 0.1) is 6.10 Å². The fourth-order valence-corrected chi connectivity index (χ4v) is 1.81. The molecule has 4 heteroatoms. The number of rotatable bonds is 4. The van der Waals surface area contributed by atoms with E-state index in [0.717, 1.165) is 4.47 Å². The van der Waals surface area contributed by atoms with Gasteiger partial charge in [-0.3, -0.25) is 0 Å². The van der Waals surface area contributed by atoms with Crippen LogP contribution >= 0.6 is 15.9 Å². The average molecular weight is 268 g/mol. The largest absolute Gasteiger partial charge is 0.508 e. The highest BCUT2D eigenvalue weighted by Crippen LogP contribution is 2.29. The summed E-state index contributed by atoms with van der Waals surface area (Å²) in [6, 6.07) is 4.79. The van der Waals surface area contributed by atoms with E-state index in [4.69, 9.17) is 5.41 Å². The monoisotopic (exact) mass is 268 g/mol. The van der Waals surface area contributed by atoms with Crippen molar-refractivity contribution < 1.29 is 10.2 Å². The van der Waals surface area contributed by atoms with Crippen molar-refractivity contribution in [2.75, 3.05) is 0 Å². The van der Waals surface area contributed by atoms with Gasteiger partial charge in [-0.05, 0) is 43.5 Å². The minimum atomic E-state index is -0.647. The lowest BCUT2D eigenvalue weighted by Gasteiger charge is -2.12. The number of aliphatic hydroxyl groups is 1. The van der Waals surface area contributed by atoms with Crippen LogP contribution in [0.25, 0.3) is 0 Å². The first-order valence-electron chi connectivity index (χ1n) is 4.71. The van der Waals surface area contributed by atoms with Gasteiger partial charge in [0.1, 0.15) is 5.75 Å². The van der Waals surface area contributed by atoms with Crippen molar-refractivity contribution in [3.05, 3.63) is 28.2 Å². The standard InChI is InChI=1S/C11H14BrNO2/c1-7(13)2-5-11(15)9-6-8(14)3-4-10(9)12/h3-4,6,11,13-15H,2,5H2,1H3/t11-/m0/s1/i12-4. The van der Waals surface area contributed by atoms with Crippen LogP contribution in [-0.4, -0.2) is 15.9 Å². The van der Waals surface area contributed by atoms with E-state index in [2.05, 4.69) is 15.9 Å². The number of aromatic hydroxyl groups is 1. The van der Waals surface area contributed by atoms with E-state index in [0.29, 0.717) is 24.1 Å². The molecule has 1 atom stereocenters. The van der Waals surface area contributed by atoms with E-state index in [1.807, 2.05) is 0 Å². The summed E-state index contributed by atoms with van der Waals surface area (Å²) in [6.45, 7) is 1.71. The van der Waals surface area contributed by atoms with Crippen molar-refractivity contribution in [3.8, 4) is 5.75 Å². The van der Waals surface area contributed by atoms with Crippen LogP contribution in [0.2, 0.25) is 0 Å². The highest BCUT2D eigenvalue weighted by molar-refractivity contribution is 9.10. The third-order valence-corrected chi connectivity index (χ3v) is 2.85. The zero-order valence-electron chi connectivity index (χ0n) is 8.50. The van der Waals surface area contributed by atoms with Crippen molar-refractivity contribution in [3.63, 3.8) is 0 Å². The van der Waals surface area contributed by atoms with Gasteiger partial charge in [-0.1, -0.05) is 15.9 Å². The van der Waals surface area contributed by atoms with E-state index >= 15 is 0 Å². The van der Waals surface area contributed by atoms with Crippen molar-refractivity contribution in [2.24, 2.45) is 0 Å². The summed E-state index contributed by atoms with van der Waals surface area (Å²) in [4.78, 5) is 0. The molecule has 0 aromatic heterocycles. The predicted molar refractivity (Wildman–Crippen MR) is 63.4 cm³/mol. The molecule has 1 rings (SSSR count). The van der Waals surface area contributed by atoms with Gasteiger partial charge in [0.2, 0.25) is 0 Å². The lowest BCUT2D eigenvalue weighted by Crippen LogP contribution is -2.01. The molecule has 0 aliphatic heterocycles. The summed E-state index contributed by atoms with van der Waals surface area (Å²) in [5, 5.41) is 26.4. The molecular weight excluding hydrogens is 254 g/mol. The van der Waals surface area contributed by atoms with Crippen LogP contribution in [0.15, 0.2) is 22.7 Å². The second-order valence-corrected chi connectivity index (χ2v) is 4.39. The summed E-state index contributed by atoms with van der Waals surface area (Å²) >= 11 is 3.31. The van der Waals surface area contributed by atoms with Crippen LogP contribution in [-0.2, 0) is 0 Å². The Morgan fingerprint density at radius 3 is 2.80 bits per heavy atom. The smallest absolute Gasteiger partial charge is 0.116 e. The van der Waals surface area contributed by atoms with Crippen LogP contribution in [0.4, 0.5) is 0 Å². The third kappa shape index (κ3) is 3.64. The molecule has 1 aromatic rings. The zero-order chi connectivity index (χ0) is 11.4. The molecule has 82 valence electrons. The molecular formula is C11H14BrNO2. The van der Waals surface area contributed by atoms with Gasteiger partial charge in [-0.25, -0.2) is 0 Å². The second-order valence-electron chi connectivity index (χ2n) is 3.54. The van der Waals surface area contributed by atoms with Crippen molar-refractivity contribution in [2.45, 2.75) is 25.9 Å². The molecule has 0 aliphatic carbocycles. The predicted octanol–water partition coefficient (Wildman–Crippen LogP) is 3.01. The number of aliphatic hydroxyl groups excluding tert-OH is 1. The molecule has 0 saturated carbocycles. The molecule has 15 heavy (non-hydrogen) atoms. The number of benzene rings is 1. The first-order chi connectivity index (χ1) is 7.00. The Bertz CT molecular complexity index is 366. The molecule has 3 nitrogen and oxygen atoms in total. The summed E-state index contributed by atoms with van der Waals surface area (Å²) in [7, 11) is 0. The minimum absolute atomic E-state index is 0.138. The van der Waals surface area contributed by atoms with E-state index in [9.17, 15) is 10.2 Å². The fourth-order valence-electron chi connectivity index (χ4n) is 1.30. The molecule has 1 aromatic carbocycles. The first-order valence-corrected chi connectivity index (χ1v) is 5.50. The topological polar surface area (TPSA) is 64.3 Å². The Balaban J connectivity index is 2.76. The van der Waals surface area contributed by atoms with E-state index in [1.54, 1.807) is 19.1 Å². The molecule has 0 unspecified atom stereocenters. The third-order valence-electron chi connectivity index (χ3n) is 2.13. The number of phenolic OH excluding ortho intramolecular Hbond substituents is 1. The Morgan fingerprint density at radius 2 is 2.20 bits per heavy atom. The Labute approximate surface area is 97.4 Å². The van der Waals surface area contributed by atoms with Gasteiger partial charge in [-0.15, -0.1) is 0 Å². The van der Waals surface area contributed by atoms with Crippen molar-refractivity contribution >= 4 is 21.6 Å². The highest BCUT2D eigenvalue weighted by Gasteiger charge is 2.12. The summed E-state index contributed by atoms with van der Waals surface area (Å²) < 4.78 is 0.774. The van der Waals surface area contributed by atoms with Crippen molar-refractivity contribution in [1.82, 2.24) is 0 Å². The Hall–Kier alpha value is -0.870. The fraction of sp³-hybridized carbons (Fsp3) is 0.364. The van der Waals surface area contributed by atoms with Gasteiger partial charge in [0, 0.05) is 10.2 Å². The summed E-state index contributed by atoms with van der Waals surface area (Å²) in [6.07, 6.45) is 0.410. The van der Waals surface area contributed by atoms with Crippen LogP contribution in [0.1, 0.15) is 31.4 Å². The molecule has 3 N–H and O–H groups in total. The highest BCUT2D eigenvalue weighted by atomic mass is 75.9. The van der Waals surface area contributed by atoms with Gasteiger partial charge in [0.25, 0.3) is 0 Å². The first kappa shape index (κ1) is 12.2. The summed E-state index contributed by atoms with van der Waals surface area (Å²) in [5.41, 5.74) is 1.21. The lowest BCUT2D eigenvalue weighted by atomic mass is 10.0. The SMILES string of the molecule is CC(=N)CC[C@H](O)c1cc(O)ccc1[76Br]. The minimum Gasteiger partial charge on any atom is -0.508 e. The maximum absolute atomic E-state index is 9.84. The molecule has 0 saturated heterocycles. The average Bonchev–Trinajstić information content (AvgIpc) is 2.18.